The van der Waals surface area contributed by atoms with Gasteiger partial charge in [0, 0.05) is 30.5 Å². The van der Waals surface area contributed by atoms with Gasteiger partial charge in [-0.05, 0) is 36.1 Å². The van der Waals surface area contributed by atoms with Crippen LogP contribution in [-0.4, -0.2) is 85.8 Å². The van der Waals surface area contributed by atoms with Gasteiger partial charge in [-0.15, -0.1) is 0 Å². The van der Waals surface area contributed by atoms with Crippen LogP contribution in [0.3, 0.4) is 0 Å². The quantitative estimate of drug-likeness (QED) is 0.134. The number of thiol groups is 1. The van der Waals surface area contributed by atoms with Crippen molar-refractivity contribution in [2.45, 2.75) is 43.4 Å². The van der Waals surface area contributed by atoms with Crippen LogP contribution in [0.5, 0.6) is 5.75 Å². The molecule has 0 aliphatic heterocycles. The lowest BCUT2D eigenvalue weighted by atomic mass is 10.0. The van der Waals surface area contributed by atoms with Crippen molar-refractivity contribution < 1.29 is 29.4 Å². The second kappa shape index (κ2) is 15.1. The van der Waals surface area contributed by atoms with Crippen molar-refractivity contribution in [1.82, 2.24) is 25.9 Å². The summed E-state index contributed by atoms with van der Waals surface area (Å²) in [5.41, 5.74) is 7.29. The highest BCUT2D eigenvalue weighted by Crippen LogP contribution is 2.12. The number of nitrogens with zero attached hydrogens (tertiary/aromatic N) is 1. The third-order valence-electron chi connectivity index (χ3n) is 5.38. The molecule has 202 valence electrons. The summed E-state index contributed by atoms with van der Waals surface area (Å²) in [4.78, 5) is 56.9. The predicted molar refractivity (Wildman–Crippen MR) is 142 cm³/mol. The Labute approximate surface area is 224 Å². The first-order valence-corrected chi connectivity index (χ1v) is 13.4. The highest BCUT2D eigenvalue weighted by atomic mass is 32.2. The van der Waals surface area contributed by atoms with E-state index in [0.29, 0.717) is 17.0 Å². The zero-order chi connectivity index (χ0) is 27.4. The summed E-state index contributed by atoms with van der Waals surface area (Å²) in [5, 5.41) is 26.5. The number of H-pyrrole nitrogens is 1. The highest BCUT2D eigenvalue weighted by Gasteiger charge is 2.30. The average Bonchev–Trinajstić information content (AvgIpc) is 3.38. The molecule has 2 aromatic rings. The van der Waals surface area contributed by atoms with E-state index in [-0.39, 0.29) is 30.8 Å². The number of aromatic hydroxyl groups is 1. The Balaban J connectivity index is 2.13. The van der Waals surface area contributed by atoms with Crippen molar-refractivity contribution in [3.8, 4) is 5.75 Å². The molecule has 1 heterocycles. The van der Waals surface area contributed by atoms with Crippen molar-refractivity contribution in [1.29, 1.82) is 0 Å². The SMILES string of the molecule is CSCCC(NC(=O)C(CS)NC(=O)C(Cc1ccc(O)cc1)NC(=O)C(N)Cc1cnc[nH]1)C(=O)O. The van der Waals surface area contributed by atoms with Crippen LogP contribution < -0.4 is 21.7 Å². The van der Waals surface area contributed by atoms with Crippen molar-refractivity contribution in [2.24, 2.45) is 5.73 Å². The molecule has 1 aromatic carbocycles. The number of hydrogen-bond acceptors (Lipinski definition) is 9. The Kier molecular flexibility index (Phi) is 12.3. The molecule has 1 aromatic heterocycles. The fourth-order valence-electron chi connectivity index (χ4n) is 3.31. The first kappa shape index (κ1) is 30.0. The number of aromatic amines is 1. The maximum absolute atomic E-state index is 13.2. The van der Waals surface area contributed by atoms with Crippen molar-refractivity contribution in [3.05, 3.63) is 48.0 Å². The number of carboxylic acids is 1. The summed E-state index contributed by atoms with van der Waals surface area (Å²) in [6.07, 6.45) is 5.23. The average molecular weight is 553 g/mol. The summed E-state index contributed by atoms with van der Waals surface area (Å²) < 4.78 is 0. The number of benzene rings is 1. The topological polar surface area (TPSA) is 200 Å². The van der Waals surface area contributed by atoms with E-state index in [0.717, 1.165) is 0 Å². The van der Waals surface area contributed by atoms with Crippen LogP contribution in [-0.2, 0) is 32.0 Å². The zero-order valence-electron chi connectivity index (χ0n) is 20.2. The van der Waals surface area contributed by atoms with Gasteiger partial charge < -0.3 is 36.9 Å². The van der Waals surface area contributed by atoms with Gasteiger partial charge in [0.25, 0.3) is 0 Å². The van der Waals surface area contributed by atoms with E-state index < -0.39 is 47.9 Å². The van der Waals surface area contributed by atoms with Gasteiger partial charge in [0.05, 0.1) is 12.4 Å². The van der Waals surface area contributed by atoms with E-state index >= 15 is 0 Å². The van der Waals surface area contributed by atoms with Crippen LogP contribution in [0, 0.1) is 0 Å². The molecule has 0 bridgehead atoms. The van der Waals surface area contributed by atoms with Gasteiger partial charge >= 0.3 is 5.97 Å². The molecule has 4 atom stereocenters. The number of phenolic OH excluding ortho intramolecular Hbond substituents is 1. The number of carbonyl (C=O) groups excluding carboxylic acids is 3. The molecule has 0 aliphatic rings. The number of aromatic nitrogens is 2. The van der Waals surface area contributed by atoms with E-state index in [2.05, 4.69) is 38.5 Å². The Hall–Kier alpha value is -3.23. The number of aliphatic carboxylic acids is 1. The van der Waals surface area contributed by atoms with E-state index in [9.17, 15) is 29.4 Å². The van der Waals surface area contributed by atoms with Crippen molar-refractivity contribution in [3.63, 3.8) is 0 Å². The number of imidazole rings is 1. The van der Waals surface area contributed by atoms with Gasteiger partial charge in [0.15, 0.2) is 0 Å². The molecule has 0 spiro atoms. The predicted octanol–water partition coefficient (Wildman–Crippen LogP) is -0.550. The lowest BCUT2D eigenvalue weighted by molar-refractivity contribution is -0.142. The third-order valence-corrected chi connectivity index (χ3v) is 6.39. The fourth-order valence-corrected chi connectivity index (χ4v) is 4.04. The van der Waals surface area contributed by atoms with Crippen LogP contribution in [0.4, 0.5) is 0 Å². The second-order valence-corrected chi connectivity index (χ2v) is 9.59. The molecule has 0 saturated heterocycles. The molecule has 37 heavy (non-hydrogen) atoms. The standard InChI is InChI=1S/C23H32N6O6S2/c1-37-7-6-17(23(34)35)27-22(33)19(11-36)29-21(32)18(8-13-2-4-15(30)5-3-13)28-20(31)16(24)9-14-10-25-12-26-14/h2-5,10,12,16-19,30,36H,6-9,11,24H2,1H3,(H,25,26)(H,27,33)(H,28,31)(H,29,32)(H,34,35). The fraction of sp³-hybridized carbons (Fsp3) is 0.435. The minimum atomic E-state index is -1.18. The number of amides is 3. The number of hydrogen-bond donors (Lipinski definition) is 8. The van der Waals surface area contributed by atoms with Gasteiger partial charge in [-0.3, -0.25) is 14.4 Å². The maximum Gasteiger partial charge on any atom is 0.326 e. The Morgan fingerprint density at radius 1 is 1.03 bits per heavy atom. The smallest absolute Gasteiger partial charge is 0.326 e. The van der Waals surface area contributed by atoms with Gasteiger partial charge in [-0.2, -0.15) is 24.4 Å². The minimum Gasteiger partial charge on any atom is -0.508 e. The Bertz CT molecular complexity index is 1040. The Morgan fingerprint density at radius 2 is 1.65 bits per heavy atom. The van der Waals surface area contributed by atoms with Crippen LogP contribution in [0.1, 0.15) is 17.7 Å². The van der Waals surface area contributed by atoms with E-state index in [4.69, 9.17) is 5.73 Å². The van der Waals surface area contributed by atoms with Crippen LogP contribution in [0.25, 0.3) is 0 Å². The molecule has 0 saturated carbocycles. The van der Waals surface area contributed by atoms with Gasteiger partial charge in [0.2, 0.25) is 17.7 Å². The molecule has 0 aliphatic carbocycles. The van der Waals surface area contributed by atoms with Crippen LogP contribution >= 0.6 is 24.4 Å². The first-order valence-electron chi connectivity index (χ1n) is 11.4. The highest BCUT2D eigenvalue weighted by molar-refractivity contribution is 7.98. The number of carbonyl (C=O) groups is 4. The van der Waals surface area contributed by atoms with Gasteiger partial charge in [-0.1, -0.05) is 12.1 Å². The molecule has 0 fully saturated rings. The summed E-state index contributed by atoms with van der Waals surface area (Å²) in [5.74, 6) is -2.71. The lowest BCUT2D eigenvalue weighted by Gasteiger charge is -2.24. The molecule has 0 radical (unpaired) electrons. The largest absolute Gasteiger partial charge is 0.508 e. The zero-order valence-corrected chi connectivity index (χ0v) is 21.9. The Morgan fingerprint density at radius 3 is 2.22 bits per heavy atom. The summed E-state index contributed by atoms with van der Waals surface area (Å²) in [6.45, 7) is 0. The van der Waals surface area contributed by atoms with E-state index in [1.165, 1.54) is 36.4 Å². The number of nitrogens with one attached hydrogen (secondary N) is 4. The summed E-state index contributed by atoms with van der Waals surface area (Å²) in [7, 11) is 0. The summed E-state index contributed by atoms with van der Waals surface area (Å²) in [6, 6.07) is 1.72. The van der Waals surface area contributed by atoms with Crippen LogP contribution in [0.15, 0.2) is 36.8 Å². The number of thioether (sulfide) groups is 1. The maximum atomic E-state index is 13.2. The van der Waals surface area contributed by atoms with Crippen LogP contribution in [0.2, 0.25) is 0 Å². The first-order chi connectivity index (χ1) is 17.6. The number of rotatable bonds is 15. The molecule has 12 nitrogen and oxygen atoms in total. The van der Waals surface area contributed by atoms with E-state index in [1.807, 2.05) is 6.26 Å². The molecule has 4 unspecified atom stereocenters. The number of nitrogens with two attached hydrogens (primary N) is 1. The normalized spacial score (nSPS) is 14.1. The van der Waals surface area contributed by atoms with Crippen molar-refractivity contribution >= 4 is 48.1 Å². The number of carboxylic acid groups (broad SMARTS) is 1. The third kappa shape index (κ3) is 9.98. The molecule has 14 heteroatoms. The molecule has 2 rings (SSSR count). The molecular formula is C23H32N6O6S2. The van der Waals surface area contributed by atoms with Crippen molar-refractivity contribution in [2.75, 3.05) is 17.8 Å². The minimum absolute atomic E-state index is 0.0385. The summed E-state index contributed by atoms with van der Waals surface area (Å²) >= 11 is 5.58. The second-order valence-electron chi connectivity index (χ2n) is 8.24. The van der Waals surface area contributed by atoms with Gasteiger partial charge in [0.1, 0.15) is 23.9 Å². The van der Waals surface area contributed by atoms with Gasteiger partial charge in [-0.25, -0.2) is 9.78 Å². The molecule has 3 amide bonds. The molecular weight excluding hydrogens is 520 g/mol. The molecule has 8 N–H and O–H groups in total. The lowest BCUT2D eigenvalue weighted by Crippen LogP contribution is -2.58. The monoisotopic (exact) mass is 552 g/mol. The van der Waals surface area contributed by atoms with E-state index in [1.54, 1.807) is 12.1 Å². The number of phenols is 1.